The SMILES string of the molecule is CC1CCNC(C(=O)NC2(CO)CCOCC2)C1. The van der Waals surface area contributed by atoms with Crippen LogP contribution in [0, 0.1) is 5.92 Å². The van der Waals surface area contributed by atoms with E-state index in [9.17, 15) is 9.90 Å². The van der Waals surface area contributed by atoms with Gasteiger partial charge in [0.25, 0.3) is 0 Å². The number of aliphatic hydroxyl groups is 1. The van der Waals surface area contributed by atoms with Crippen molar-refractivity contribution in [2.45, 2.75) is 44.2 Å². The molecule has 0 aromatic heterocycles. The maximum Gasteiger partial charge on any atom is 0.237 e. The molecule has 18 heavy (non-hydrogen) atoms. The molecule has 0 spiro atoms. The van der Waals surface area contributed by atoms with Crippen molar-refractivity contribution in [3.63, 3.8) is 0 Å². The molecule has 104 valence electrons. The molecular formula is C13H24N2O3. The summed E-state index contributed by atoms with van der Waals surface area (Å²) in [7, 11) is 0. The summed E-state index contributed by atoms with van der Waals surface area (Å²) in [5.41, 5.74) is -0.475. The Morgan fingerprint density at radius 1 is 1.50 bits per heavy atom. The molecule has 1 amide bonds. The van der Waals surface area contributed by atoms with E-state index in [1.165, 1.54) is 0 Å². The molecule has 0 radical (unpaired) electrons. The summed E-state index contributed by atoms with van der Waals surface area (Å²) >= 11 is 0. The van der Waals surface area contributed by atoms with Crippen molar-refractivity contribution in [3.8, 4) is 0 Å². The number of nitrogens with one attached hydrogen (secondary N) is 2. The lowest BCUT2D eigenvalue weighted by Crippen LogP contribution is -2.59. The minimum Gasteiger partial charge on any atom is -0.394 e. The number of carbonyl (C=O) groups excluding carboxylic acids is 1. The van der Waals surface area contributed by atoms with E-state index in [2.05, 4.69) is 17.6 Å². The number of aliphatic hydroxyl groups excluding tert-OH is 1. The van der Waals surface area contributed by atoms with Crippen molar-refractivity contribution in [2.75, 3.05) is 26.4 Å². The Balaban J connectivity index is 1.92. The van der Waals surface area contributed by atoms with Crippen LogP contribution in [0.5, 0.6) is 0 Å². The van der Waals surface area contributed by atoms with Crippen LogP contribution in [-0.2, 0) is 9.53 Å². The predicted molar refractivity (Wildman–Crippen MR) is 68.2 cm³/mol. The minimum absolute atomic E-state index is 0.00955. The highest BCUT2D eigenvalue weighted by Crippen LogP contribution is 2.21. The average molecular weight is 256 g/mol. The van der Waals surface area contributed by atoms with Crippen molar-refractivity contribution in [1.29, 1.82) is 0 Å². The highest BCUT2D eigenvalue weighted by molar-refractivity contribution is 5.82. The first-order valence-electron chi connectivity index (χ1n) is 6.89. The van der Waals surface area contributed by atoms with Gasteiger partial charge in [-0.25, -0.2) is 0 Å². The van der Waals surface area contributed by atoms with Crippen molar-refractivity contribution in [3.05, 3.63) is 0 Å². The monoisotopic (exact) mass is 256 g/mol. The van der Waals surface area contributed by atoms with Gasteiger partial charge in [0.1, 0.15) is 0 Å². The number of ether oxygens (including phenoxy) is 1. The number of hydrogen-bond donors (Lipinski definition) is 3. The van der Waals surface area contributed by atoms with Crippen LogP contribution in [0.1, 0.15) is 32.6 Å². The van der Waals surface area contributed by atoms with Crippen molar-refractivity contribution in [2.24, 2.45) is 5.92 Å². The maximum absolute atomic E-state index is 12.3. The van der Waals surface area contributed by atoms with E-state index in [1.54, 1.807) is 0 Å². The Morgan fingerprint density at radius 2 is 2.22 bits per heavy atom. The van der Waals surface area contributed by atoms with Gasteiger partial charge in [0.15, 0.2) is 0 Å². The summed E-state index contributed by atoms with van der Waals surface area (Å²) in [5, 5.41) is 15.8. The third-order valence-corrected chi connectivity index (χ3v) is 4.12. The lowest BCUT2D eigenvalue weighted by atomic mass is 9.89. The van der Waals surface area contributed by atoms with Crippen LogP contribution in [-0.4, -0.2) is 49.0 Å². The van der Waals surface area contributed by atoms with E-state index in [0.717, 1.165) is 19.4 Å². The molecule has 2 aliphatic rings. The molecule has 0 aromatic carbocycles. The molecule has 3 N–H and O–H groups in total. The first-order valence-corrected chi connectivity index (χ1v) is 6.89. The quantitative estimate of drug-likeness (QED) is 0.666. The number of rotatable bonds is 3. The van der Waals surface area contributed by atoms with Crippen LogP contribution < -0.4 is 10.6 Å². The van der Waals surface area contributed by atoms with Crippen LogP contribution in [0.2, 0.25) is 0 Å². The van der Waals surface area contributed by atoms with Gasteiger partial charge in [0.2, 0.25) is 5.91 Å². The van der Waals surface area contributed by atoms with Gasteiger partial charge in [-0.2, -0.15) is 0 Å². The highest BCUT2D eigenvalue weighted by Gasteiger charge is 2.36. The zero-order valence-corrected chi connectivity index (χ0v) is 11.1. The zero-order chi connectivity index (χ0) is 13.0. The second-order valence-electron chi connectivity index (χ2n) is 5.68. The molecule has 0 bridgehead atoms. The standard InChI is InChI=1S/C13H24N2O3/c1-10-2-5-14-11(8-10)12(17)15-13(9-16)3-6-18-7-4-13/h10-11,14,16H,2-9H2,1H3,(H,15,17). The molecule has 0 aliphatic carbocycles. The summed E-state index contributed by atoms with van der Waals surface area (Å²) in [6, 6.07) is -0.111. The Kier molecular flexibility index (Phi) is 4.59. The maximum atomic E-state index is 12.3. The van der Waals surface area contributed by atoms with Crippen molar-refractivity contribution in [1.82, 2.24) is 10.6 Å². The van der Waals surface area contributed by atoms with Gasteiger partial charge < -0.3 is 20.5 Å². The number of amides is 1. The van der Waals surface area contributed by atoms with Gasteiger partial charge >= 0.3 is 0 Å². The second-order valence-corrected chi connectivity index (χ2v) is 5.68. The Bertz CT molecular complexity index is 290. The third kappa shape index (κ3) is 3.22. The van der Waals surface area contributed by atoms with Crippen molar-refractivity contribution >= 4 is 5.91 Å². The first kappa shape index (κ1) is 13.8. The third-order valence-electron chi connectivity index (χ3n) is 4.12. The Hall–Kier alpha value is -0.650. The number of carbonyl (C=O) groups is 1. The molecular weight excluding hydrogens is 232 g/mol. The van der Waals surface area contributed by atoms with Gasteiger partial charge in [0.05, 0.1) is 18.2 Å². The molecule has 0 saturated carbocycles. The van der Waals surface area contributed by atoms with Gasteiger partial charge in [-0.3, -0.25) is 4.79 Å². The van der Waals surface area contributed by atoms with Gasteiger partial charge in [0, 0.05) is 13.2 Å². The summed E-state index contributed by atoms with van der Waals surface area (Å²) in [5.74, 6) is 0.610. The van der Waals surface area contributed by atoms with Crippen LogP contribution in [0.3, 0.4) is 0 Å². The zero-order valence-electron chi connectivity index (χ0n) is 11.1. The normalized spacial score (nSPS) is 31.9. The van der Waals surface area contributed by atoms with Crippen LogP contribution >= 0.6 is 0 Å². The Labute approximate surface area is 108 Å². The molecule has 0 aromatic rings. The fourth-order valence-electron chi connectivity index (χ4n) is 2.74. The number of piperidine rings is 1. The molecule has 5 heteroatoms. The van der Waals surface area contributed by atoms with E-state index in [-0.39, 0.29) is 18.6 Å². The van der Waals surface area contributed by atoms with Crippen LogP contribution in [0.15, 0.2) is 0 Å². The lowest BCUT2D eigenvalue weighted by Gasteiger charge is -2.38. The van der Waals surface area contributed by atoms with Crippen LogP contribution in [0.25, 0.3) is 0 Å². The van der Waals surface area contributed by atoms with Gasteiger partial charge in [-0.05, 0) is 38.1 Å². The number of hydrogen-bond acceptors (Lipinski definition) is 4. The molecule has 2 rings (SSSR count). The van der Waals surface area contributed by atoms with E-state index < -0.39 is 5.54 Å². The van der Waals surface area contributed by atoms with Crippen molar-refractivity contribution < 1.29 is 14.6 Å². The van der Waals surface area contributed by atoms with E-state index in [4.69, 9.17) is 4.74 Å². The Morgan fingerprint density at radius 3 is 2.83 bits per heavy atom. The summed E-state index contributed by atoms with van der Waals surface area (Å²) < 4.78 is 5.29. The summed E-state index contributed by atoms with van der Waals surface area (Å²) in [6.07, 6.45) is 3.39. The largest absolute Gasteiger partial charge is 0.394 e. The van der Waals surface area contributed by atoms with Gasteiger partial charge in [-0.1, -0.05) is 6.92 Å². The van der Waals surface area contributed by atoms with E-state index >= 15 is 0 Å². The highest BCUT2D eigenvalue weighted by atomic mass is 16.5. The average Bonchev–Trinajstić information content (AvgIpc) is 2.40. The predicted octanol–water partition coefficient (Wildman–Crippen LogP) is 0.0322. The summed E-state index contributed by atoms with van der Waals surface area (Å²) in [4.78, 5) is 12.3. The fourth-order valence-corrected chi connectivity index (χ4v) is 2.74. The molecule has 2 unspecified atom stereocenters. The smallest absolute Gasteiger partial charge is 0.237 e. The van der Waals surface area contributed by atoms with E-state index in [0.29, 0.717) is 32.0 Å². The molecule has 2 saturated heterocycles. The van der Waals surface area contributed by atoms with E-state index in [1.807, 2.05) is 0 Å². The summed E-state index contributed by atoms with van der Waals surface area (Å²) in [6.45, 7) is 4.28. The first-order chi connectivity index (χ1) is 8.65. The molecule has 5 nitrogen and oxygen atoms in total. The van der Waals surface area contributed by atoms with Gasteiger partial charge in [-0.15, -0.1) is 0 Å². The lowest BCUT2D eigenvalue weighted by molar-refractivity contribution is -0.128. The van der Waals surface area contributed by atoms with Crippen LogP contribution in [0.4, 0.5) is 0 Å². The molecule has 2 aliphatic heterocycles. The topological polar surface area (TPSA) is 70.6 Å². The minimum atomic E-state index is -0.475. The second kappa shape index (κ2) is 5.99. The fraction of sp³-hybridized carbons (Fsp3) is 0.923. The molecule has 2 atom stereocenters. The molecule has 2 fully saturated rings. The molecule has 2 heterocycles.